The molecule has 10 nitrogen and oxygen atoms in total. The van der Waals surface area contributed by atoms with Crippen LogP contribution in [0, 0.1) is 5.92 Å². The third-order valence-corrected chi connectivity index (χ3v) is 6.78. The average Bonchev–Trinajstić information content (AvgIpc) is 2.78. The van der Waals surface area contributed by atoms with Crippen LogP contribution in [0.3, 0.4) is 0 Å². The summed E-state index contributed by atoms with van der Waals surface area (Å²) < 4.78 is 40.5. The summed E-state index contributed by atoms with van der Waals surface area (Å²) in [5.41, 5.74) is -0.301. The predicted octanol–water partition coefficient (Wildman–Crippen LogP) is 5.23. The van der Waals surface area contributed by atoms with Gasteiger partial charge in [0, 0.05) is 33.9 Å². The number of rotatable bonds is 6. The molecule has 1 amide bonds. The molecule has 11 heteroatoms. The Labute approximate surface area is 224 Å². The second kappa shape index (κ2) is 18.9. The van der Waals surface area contributed by atoms with E-state index in [0.717, 1.165) is 12.8 Å². The van der Waals surface area contributed by atoms with Gasteiger partial charge in [-0.05, 0) is 77.6 Å². The van der Waals surface area contributed by atoms with Crippen LogP contribution in [0.25, 0.3) is 0 Å². The van der Waals surface area contributed by atoms with Crippen LogP contribution in [0.2, 0.25) is 0 Å². The number of hydrogen-bond acceptors (Lipinski definition) is 7. The van der Waals surface area contributed by atoms with E-state index in [2.05, 4.69) is 21.7 Å². The van der Waals surface area contributed by atoms with Crippen LogP contribution in [0.15, 0.2) is 29.2 Å². The lowest BCUT2D eigenvalue weighted by Gasteiger charge is -2.29. The van der Waals surface area contributed by atoms with Crippen molar-refractivity contribution < 1.29 is 37.3 Å². The number of hydrogen-bond donors (Lipinski definition) is 2. The summed E-state index contributed by atoms with van der Waals surface area (Å²) in [6.07, 6.45) is 1.32. The highest BCUT2D eigenvalue weighted by atomic mass is 32.2. The van der Waals surface area contributed by atoms with Gasteiger partial charge in [0.2, 0.25) is 10.0 Å². The Kier molecular flexibility index (Phi) is 20.1. The number of carbonyl (C=O) groups excluding carboxylic acids is 1. The fourth-order valence-electron chi connectivity index (χ4n) is 2.70. The molecule has 218 valence electrons. The van der Waals surface area contributed by atoms with Gasteiger partial charge in [-0.2, -0.15) is 4.31 Å². The number of nitrogens with one attached hydrogen (secondary N) is 1. The second-order valence-electron chi connectivity index (χ2n) is 8.99. The number of ether oxygens (including phenoxy) is 3. The minimum atomic E-state index is -3.49. The van der Waals surface area contributed by atoms with E-state index >= 15 is 0 Å². The number of carbonyl (C=O) groups is 2. The number of carboxylic acids is 1. The summed E-state index contributed by atoms with van der Waals surface area (Å²) in [7, 11) is -0.277. The van der Waals surface area contributed by atoms with E-state index in [1.54, 1.807) is 14.2 Å². The number of methoxy groups -OCH3 is 2. The SMILES string of the molecule is C.C.CC1CCN(S(=O)(=O)c2ccc(C(=O)O)cc2)CC1.CCNC(=O)OC(C)(C)C.COC(C)OC. The first kappa shape index (κ1) is 39.3. The average molecular weight is 551 g/mol. The third kappa shape index (κ3) is 16.3. The molecule has 1 aromatic carbocycles. The van der Waals surface area contributed by atoms with Crippen molar-refractivity contribution in [3.8, 4) is 0 Å². The van der Waals surface area contributed by atoms with Crippen molar-refractivity contribution in [3.05, 3.63) is 29.8 Å². The molecule has 0 radical (unpaired) electrons. The van der Waals surface area contributed by atoms with Crippen molar-refractivity contribution in [1.82, 2.24) is 9.62 Å². The van der Waals surface area contributed by atoms with Gasteiger partial charge in [-0.25, -0.2) is 18.0 Å². The lowest BCUT2D eigenvalue weighted by molar-refractivity contribution is -0.0877. The Bertz CT molecular complexity index is 856. The third-order valence-electron chi connectivity index (χ3n) is 4.87. The van der Waals surface area contributed by atoms with Gasteiger partial charge in [0.15, 0.2) is 6.29 Å². The molecule has 0 aliphatic carbocycles. The number of benzene rings is 1. The minimum Gasteiger partial charge on any atom is -0.478 e. The zero-order valence-corrected chi connectivity index (χ0v) is 23.0. The Hall–Kier alpha value is -2.21. The smallest absolute Gasteiger partial charge is 0.407 e. The molecule has 1 saturated heterocycles. The molecule has 1 heterocycles. The maximum Gasteiger partial charge on any atom is 0.407 e. The predicted molar refractivity (Wildman–Crippen MR) is 147 cm³/mol. The molecule has 0 spiro atoms. The summed E-state index contributed by atoms with van der Waals surface area (Å²) >= 11 is 0. The number of alkyl carbamates (subject to hydrolysis) is 1. The van der Waals surface area contributed by atoms with E-state index in [1.807, 2.05) is 34.6 Å². The first-order valence-corrected chi connectivity index (χ1v) is 13.0. The molecular weight excluding hydrogens is 500 g/mol. The summed E-state index contributed by atoms with van der Waals surface area (Å²) in [6, 6.07) is 5.36. The van der Waals surface area contributed by atoms with Gasteiger partial charge in [-0.15, -0.1) is 0 Å². The van der Waals surface area contributed by atoms with Crippen molar-refractivity contribution in [1.29, 1.82) is 0 Å². The Balaban J connectivity index is -0.000000546. The van der Waals surface area contributed by atoms with E-state index in [4.69, 9.17) is 9.84 Å². The molecule has 2 N–H and O–H groups in total. The number of amides is 1. The molecule has 0 saturated carbocycles. The molecule has 0 unspecified atom stereocenters. The van der Waals surface area contributed by atoms with Gasteiger partial charge >= 0.3 is 12.1 Å². The van der Waals surface area contributed by atoms with E-state index in [9.17, 15) is 18.0 Å². The molecule has 0 aromatic heterocycles. The Morgan fingerprint density at radius 3 is 1.86 bits per heavy atom. The number of aromatic carboxylic acids is 1. The fourth-order valence-corrected chi connectivity index (χ4v) is 4.17. The molecule has 1 fully saturated rings. The van der Waals surface area contributed by atoms with Crippen LogP contribution in [0.4, 0.5) is 4.79 Å². The molecule has 0 atom stereocenters. The monoisotopic (exact) mass is 550 g/mol. The zero-order chi connectivity index (χ0) is 27.2. The summed E-state index contributed by atoms with van der Waals surface area (Å²) in [6.45, 7) is 13.0. The first-order valence-electron chi connectivity index (χ1n) is 11.5. The summed E-state index contributed by atoms with van der Waals surface area (Å²) in [5.74, 6) is -0.503. The normalized spacial score (nSPS) is 14.0. The van der Waals surface area contributed by atoms with E-state index in [1.165, 1.54) is 28.6 Å². The molecule has 37 heavy (non-hydrogen) atoms. The first-order chi connectivity index (χ1) is 16.2. The molecule has 1 aliphatic heterocycles. The lowest BCUT2D eigenvalue weighted by atomic mass is 10.0. The van der Waals surface area contributed by atoms with Crippen LogP contribution in [0.5, 0.6) is 0 Å². The van der Waals surface area contributed by atoms with Crippen LogP contribution in [-0.4, -0.2) is 75.6 Å². The lowest BCUT2D eigenvalue weighted by Crippen LogP contribution is -2.37. The van der Waals surface area contributed by atoms with Gasteiger partial charge in [-0.3, -0.25) is 0 Å². The number of sulfonamides is 1. The highest BCUT2D eigenvalue weighted by Gasteiger charge is 2.28. The highest BCUT2D eigenvalue weighted by molar-refractivity contribution is 7.89. The van der Waals surface area contributed by atoms with Crippen molar-refractivity contribution in [2.24, 2.45) is 5.92 Å². The molecule has 1 aliphatic rings. The van der Waals surface area contributed by atoms with E-state index in [-0.39, 0.29) is 43.3 Å². The highest BCUT2D eigenvalue weighted by Crippen LogP contribution is 2.23. The maximum atomic E-state index is 12.4. The Morgan fingerprint density at radius 2 is 1.54 bits per heavy atom. The summed E-state index contributed by atoms with van der Waals surface area (Å²) in [4.78, 5) is 21.6. The topological polar surface area (TPSA) is 131 Å². The fraction of sp³-hybridized carbons (Fsp3) is 0.692. The molecule has 0 bridgehead atoms. The summed E-state index contributed by atoms with van der Waals surface area (Å²) in [5, 5.41) is 11.3. The standard InChI is InChI=1S/C13H17NO4S.C7H15NO2.C4H10O2.2CH4/c1-10-6-8-14(9-7-10)19(17,18)12-4-2-11(3-5-12)13(15)16;1-5-8-6(9)10-7(2,3)4;1-4(5-2)6-3;;/h2-5,10H,6-9H2,1H3,(H,15,16);5H2,1-4H3,(H,8,9);4H,1-3H3;2*1H4. The quantitative estimate of drug-likeness (QED) is 0.460. The van der Waals surface area contributed by atoms with Gasteiger partial charge in [0.1, 0.15) is 5.60 Å². The molecular formula is C26H50N2O8S. The van der Waals surface area contributed by atoms with Gasteiger partial charge < -0.3 is 24.6 Å². The van der Waals surface area contributed by atoms with Gasteiger partial charge in [-0.1, -0.05) is 21.8 Å². The van der Waals surface area contributed by atoms with Gasteiger partial charge in [0.05, 0.1) is 10.5 Å². The van der Waals surface area contributed by atoms with E-state index < -0.39 is 16.0 Å². The number of nitrogens with zero attached hydrogens (tertiary/aromatic N) is 1. The van der Waals surface area contributed by atoms with Crippen molar-refractivity contribution >= 4 is 22.1 Å². The maximum absolute atomic E-state index is 12.4. The molecule has 1 aromatic rings. The van der Waals surface area contributed by atoms with Crippen molar-refractivity contribution in [2.75, 3.05) is 33.9 Å². The van der Waals surface area contributed by atoms with Crippen LogP contribution in [-0.2, 0) is 24.2 Å². The largest absolute Gasteiger partial charge is 0.478 e. The van der Waals surface area contributed by atoms with Crippen molar-refractivity contribution in [3.63, 3.8) is 0 Å². The van der Waals surface area contributed by atoms with Crippen LogP contribution in [0.1, 0.15) is 79.6 Å². The van der Waals surface area contributed by atoms with Crippen LogP contribution < -0.4 is 5.32 Å². The van der Waals surface area contributed by atoms with E-state index in [0.29, 0.717) is 25.6 Å². The minimum absolute atomic E-state index is 0. The molecule has 2 rings (SSSR count). The van der Waals surface area contributed by atoms with Crippen molar-refractivity contribution in [2.45, 2.75) is 86.0 Å². The zero-order valence-electron chi connectivity index (χ0n) is 22.2. The number of carboxylic acid groups (broad SMARTS) is 1. The van der Waals surface area contributed by atoms with Gasteiger partial charge in [0.25, 0.3) is 0 Å². The second-order valence-corrected chi connectivity index (χ2v) is 10.9. The van der Waals surface area contributed by atoms with Crippen LogP contribution >= 0.6 is 0 Å². The number of piperidine rings is 1. The Morgan fingerprint density at radius 1 is 1.08 bits per heavy atom.